The number of anilines is 1. The van der Waals surface area contributed by atoms with E-state index in [2.05, 4.69) is 72.7 Å². The maximum absolute atomic E-state index is 13.5. The Morgan fingerprint density at radius 1 is 1.09 bits per heavy atom. The molecule has 0 aliphatic carbocycles. The molecular formula is C28H29N3O2. The number of methoxy groups -OCH3 is 1. The van der Waals surface area contributed by atoms with Gasteiger partial charge in [0.15, 0.2) is 0 Å². The molecule has 5 heteroatoms. The number of aromatic amines is 1. The van der Waals surface area contributed by atoms with Crippen LogP contribution >= 0.6 is 0 Å². The van der Waals surface area contributed by atoms with Crippen LogP contribution in [0.25, 0.3) is 10.9 Å². The van der Waals surface area contributed by atoms with Crippen molar-refractivity contribution in [2.45, 2.75) is 32.7 Å². The number of carbonyl (C=O) groups excluding carboxylic acids is 1. The van der Waals surface area contributed by atoms with E-state index in [9.17, 15) is 4.79 Å². The Balaban J connectivity index is 1.55. The molecule has 0 spiro atoms. The number of nitrogens with one attached hydrogen (secondary N) is 2. The zero-order valence-corrected chi connectivity index (χ0v) is 19.3. The van der Waals surface area contributed by atoms with Crippen LogP contribution in [0.4, 0.5) is 10.5 Å². The van der Waals surface area contributed by atoms with Gasteiger partial charge in [-0.05, 0) is 66.8 Å². The van der Waals surface area contributed by atoms with Crippen LogP contribution in [-0.2, 0) is 12.8 Å². The highest BCUT2D eigenvalue weighted by atomic mass is 16.5. The van der Waals surface area contributed by atoms with Crippen molar-refractivity contribution in [2.24, 2.45) is 0 Å². The summed E-state index contributed by atoms with van der Waals surface area (Å²) in [4.78, 5) is 19.0. The van der Waals surface area contributed by atoms with Gasteiger partial charge in [-0.3, -0.25) is 0 Å². The number of benzene rings is 3. The van der Waals surface area contributed by atoms with E-state index in [1.165, 1.54) is 16.7 Å². The van der Waals surface area contributed by atoms with Gasteiger partial charge in [-0.25, -0.2) is 4.79 Å². The zero-order chi connectivity index (χ0) is 22.9. The number of rotatable bonds is 4. The first-order chi connectivity index (χ1) is 16.1. The highest BCUT2D eigenvalue weighted by Gasteiger charge is 2.34. The number of carbonyl (C=O) groups is 1. The second-order valence-electron chi connectivity index (χ2n) is 8.67. The average Bonchev–Trinajstić information content (AvgIpc) is 3.22. The molecule has 0 radical (unpaired) electrons. The van der Waals surface area contributed by atoms with Gasteiger partial charge in [0, 0.05) is 28.8 Å². The molecule has 0 saturated carbocycles. The van der Waals surface area contributed by atoms with Crippen LogP contribution in [-0.4, -0.2) is 29.6 Å². The molecule has 2 heterocycles. The lowest BCUT2D eigenvalue weighted by molar-refractivity contribution is 0.193. The molecule has 5 nitrogen and oxygen atoms in total. The molecule has 33 heavy (non-hydrogen) atoms. The number of aryl methyl sites for hydroxylation is 2. The van der Waals surface area contributed by atoms with E-state index >= 15 is 0 Å². The lowest BCUT2D eigenvalue weighted by atomic mass is 9.92. The van der Waals surface area contributed by atoms with Gasteiger partial charge < -0.3 is 19.9 Å². The first kappa shape index (κ1) is 21.1. The van der Waals surface area contributed by atoms with Gasteiger partial charge in [-0.1, -0.05) is 48.9 Å². The molecule has 0 bridgehead atoms. The van der Waals surface area contributed by atoms with Crippen molar-refractivity contribution in [1.29, 1.82) is 0 Å². The zero-order valence-electron chi connectivity index (χ0n) is 19.3. The number of hydrogen-bond acceptors (Lipinski definition) is 2. The summed E-state index contributed by atoms with van der Waals surface area (Å²) in [6.07, 6.45) is 1.76. The smallest absolute Gasteiger partial charge is 0.322 e. The standard InChI is InChI=1S/C28H29N3O2/c1-4-19-7-11-21(12-8-19)29-28(32)31-16-15-23-24-17-22(33-3)13-14-25(24)30-26(23)27(31)20-9-5-18(2)6-10-20/h5-14,17,27,30H,4,15-16H2,1-3H3,(H,29,32)/t27-/m1/s1. The van der Waals surface area contributed by atoms with E-state index in [4.69, 9.17) is 4.74 Å². The molecule has 2 N–H and O–H groups in total. The van der Waals surface area contributed by atoms with Gasteiger partial charge in [0.05, 0.1) is 13.2 Å². The molecule has 3 aromatic carbocycles. The predicted octanol–water partition coefficient (Wildman–Crippen LogP) is 6.23. The Labute approximate surface area is 194 Å². The number of fused-ring (bicyclic) bond motifs is 3. The third-order valence-corrected chi connectivity index (χ3v) is 6.60. The largest absolute Gasteiger partial charge is 0.497 e. The fourth-order valence-electron chi connectivity index (χ4n) is 4.73. The van der Waals surface area contributed by atoms with Gasteiger partial charge in [0.1, 0.15) is 5.75 Å². The minimum absolute atomic E-state index is 0.0910. The molecule has 1 atom stereocenters. The van der Waals surface area contributed by atoms with Crippen molar-refractivity contribution >= 4 is 22.6 Å². The summed E-state index contributed by atoms with van der Waals surface area (Å²) in [6, 6.07) is 22.4. The highest BCUT2D eigenvalue weighted by molar-refractivity contribution is 5.92. The number of ether oxygens (including phenoxy) is 1. The number of amides is 2. The van der Waals surface area contributed by atoms with Crippen LogP contribution < -0.4 is 10.1 Å². The number of aromatic nitrogens is 1. The molecule has 5 rings (SSSR count). The minimum atomic E-state index is -0.192. The minimum Gasteiger partial charge on any atom is -0.497 e. The van der Waals surface area contributed by atoms with Gasteiger partial charge in [-0.2, -0.15) is 0 Å². The molecule has 1 aliphatic heterocycles. The van der Waals surface area contributed by atoms with E-state index in [0.717, 1.165) is 46.4 Å². The van der Waals surface area contributed by atoms with Crippen molar-refractivity contribution in [2.75, 3.05) is 19.0 Å². The third kappa shape index (κ3) is 3.95. The van der Waals surface area contributed by atoms with E-state index in [1.807, 2.05) is 23.1 Å². The number of nitrogens with zero attached hydrogens (tertiary/aromatic N) is 1. The Morgan fingerprint density at radius 3 is 2.55 bits per heavy atom. The van der Waals surface area contributed by atoms with E-state index in [-0.39, 0.29) is 12.1 Å². The summed E-state index contributed by atoms with van der Waals surface area (Å²) in [6.45, 7) is 4.84. The van der Waals surface area contributed by atoms with Gasteiger partial charge >= 0.3 is 6.03 Å². The van der Waals surface area contributed by atoms with Crippen LogP contribution in [0.5, 0.6) is 5.75 Å². The molecule has 1 aliphatic rings. The first-order valence-electron chi connectivity index (χ1n) is 11.5. The van der Waals surface area contributed by atoms with Crippen molar-refractivity contribution in [1.82, 2.24) is 9.88 Å². The fraction of sp³-hybridized carbons (Fsp3) is 0.250. The predicted molar refractivity (Wildman–Crippen MR) is 133 cm³/mol. The van der Waals surface area contributed by atoms with Crippen molar-refractivity contribution in [3.63, 3.8) is 0 Å². The number of urea groups is 1. The van der Waals surface area contributed by atoms with E-state index in [1.54, 1.807) is 7.11 Å². The second kappa shape index (κ2) is 8.66. The van der Waals surface area contributed by atoms with Crippen molar-refractivity contribution in [3.05, 3.63) is 94.7 Å². The topological polar surface area (TPSA) is 57.4 Å². The summed E-state index contributed by atoms with van der Waals surface area (Å²) in [5, 5.41) is 4.27. The van der Waals surface area contributed by atoms with Crippen LogP contribution in [0.3, 0.4) is 0 Å². The Kier molecular flexibility index (Phi) is 5.55. The van der Waals surface area contributed by atoms with Crippen LogP contribution in [0, 0.1) is 6.92 Å². The molecule has 1 aromatic heterocycles. The van der Waals surface area contributed by atoms with Crippen LogP contribution in [0.2, 0.25) is 0 Å². The van der Waals surface area contributed by atoms with Crippen LogP contribution in [0.1, 0.15) is 40.9 Å². The van der Waals surface area contributed by atoms with Crippen molar-refractivity contribution < 1.29 is 9.53 Å². The van der Waals surface area contributed by atoms with Gasteiger partial charge in [-0.15, -0.1) is 0 Å². The normalized spacial score (nSPS) is 15.4. The Hall–Kier alpha value is -3.73. The summed E-state index contributed by atoms with van der Waals surface area (Å²) in [5.41, 5.74) is 7.75. The lowest BCUT2D eigenvalue weighted by Gasteiger charge is -2.36. The Bertz CT molecular complexity index is 1290. The maximum atomic E-state index is 13.5. The highest BCUT2D eigenvalue weighted by Crippen LogP contribution is 2.39. The summed E-state index contributed by atoms with van der Waals surface area (Å²) in [7, 11) is 1.69. The first-order valence-corrected chi connectivity index (χ1v) is 11.5. The monoisotopic (exact) mass is 439 g/mol. The molecule has 0 fully saturated rings. The summed E-state index contributed by atoms with van der Waals surface area (Å²) in [5.74, 6) is 0.840. The summed E-state index contributed by atoms with van der Waals surface area (Å²) >= 11 is 0. The van der Waals surface area contributed by atoms with Crippen molar-refractivity contribution in [3.8, 4) is 5.75 Å². The van der Waals surface area contributed by atoms with Gasteiger partial charge in [0.2, 0.25) is 0 Å². The second-order valence-corrected chi connectivity index (χ2v) is 8.67. The molecule has 4 aromatic rings. The quantitative estimate of drug-likeness (QED) is 0.396. The lowest BCUT2D eigenvalue weighted by Crippen LogP contribution is -2.43. The van der Waals surface area contributed by atoms with E-state index in [0.29, 0.717) is 6.54 Å². The molecule has 0 unspecified atom stereocenters. The molecule has 0 saturated heterocycles. The maximum Gasteiger partial charge on any atom is 0.322 e. The fourth-order valence-corrected chi connectivity index (χ4v) is 4.73. The third-order valence-electron chi connectivity index (χ3n) is 6.60. The Morgan fingerprint density at radius 2 is 1.85 bits per heavy atom. The molecule has 168 valence electrons. The number of H-pyrrole nitrogens is 1. The molecule has 2 amide bonds. The van der Waals surface area contributed by atoms with E-state index < -0.39 is 0 Å². The SMILES string of the molecule is CCc1ccc(NC(=O)N2CCc3c([nH]c4ccc(OC)cc34)[C@H]2c2ccc(C)cc2)cc1. The summed E-state index contributed by atoms with van der Waals surface area (Å²) < 4.78 is 5.46. The average molecular weight is 440 g/mol. The van der Waals surface area contributed by atoms with Gasteiger partial charge in [0.25, 0.3) is 0 Å². The van der Waals surface area contributed by atoms with Crippen LogP contribution in [0.15, 0.2) is 66.7 Å². The number of hydrogen-bond donors (Lipinski definition) is 2. The molecular weight excluding hydrogens is 410 g/mol.